The summed E-state index contributed by atoms with van der Waals surface area (Å²) >= 11 is 0. The molecule has 0 fully saturated rings. The van der Waals surface area contributed by atoms with Gasteiger partial charge in [-0.25, -0.2) is 0 Å². The van der Waals surface area contributed by atoms with E-state index < -0.39 is 5.97 Å². The fourth-order valence-corrected chi connectivity index (χ4v) is 2.30. The second kappa shape index (κ2) is 9.66. The smallest absolute Gasteiger partial charge is 0.300 e. The quantitative estimate of drug-likeness (QED) is 0.240. The molecule has 0 aliphatic rings. The van der Waals surface area contributed by atoms with Crippen molar-refractivity contribution in [2.24, 2.45) is 0 Å². The van der Waals surface area contributed by atoms with Gasteiger partial charge in [-0.3, -0.25) is 0 Å². The highest BCUT2D eigenvalue weighted by Gasteiger charge is 2.39. The summed E-state index contributed by atoms with van der Waals surface area (Å²) in [6, 6.07) is 0. The van der Waals surface area contributed by atoms with Crippen molar-refractivity contribution in [3.8, 4) is 0 Å². The van der Waals surface area contributed by atoms with E-state index in [4.69, 9.17) is 23.4 Å². The van der Waals surface area contributed by atoms with Crippen molar-refractivity contribution in [1.82, 2.24) is 0 Å². The summed E-state index contributed by atoms with van der Waals surface area (Å²) in [5.74, 6) is -1.10. The molecule has 0 rings (SSSR count). The Balaban J connectivity index is 4.12. The summed E-state index contributed by atoms with van der Waals surface area (Å²) in [5.41, 5.74) is 1.02. The predicted octanol–water partition coefficient (Wildman–Crippen LogP) is 0.618. The van der Waals surface area contributed by atoms with Crippen molar-refractivity contribution < 1.29 is 23.4 Å². The molecule has 1 atom stereocenters. The molecule has 0 aromatic rings. The minimum atomic E-state index is -1.10. The van der Waals surface area contributed by atoms with E-state index in [0.29, 0.717) is 23.7 Å². The largest absolute Gasteiger partial charge is 0.378 e. The lowest BCUT2D eigenvalue weighted by Gasteiger charge is -2.35. The average molecular weight is 278 g/mol. The van der Waals surface area contributed by atoms with Crippen LogP contribution in [0.5, 0.6) is 0 Å². The van der Waals surface area contributed by atoms with Gasteiger partial charge in [-0.2, -0.15) is 0 Å². The van der Waals surface area contributed by atoms with Crippen LogP contribution in [0.4, 0.5) is 0 Å². The Morgan fingerprint density at radius 2 is 1.89 bits per heavy atom. The van der Waals surface area contributed by atoms with Gasteiger partial charge in [0.1, 0.15) is 6.10 Å². The van der Waals surface area contributed by atoms with Crippen LogP contribution >= 0.6 is 0 Å². The first-order valence-electron chi connectivity index (χ1n) is 5.96. The molecule has 0 saturated heterocycles. The number of hydrogen-bond donors (Lipinski definition) is 0. The van der Waals surface area contributed by atoms with Gasteiger partial charge in [0.15, 0.2) is 10.5 Å². The standard InChI is InChI=1S/C12H26O5Si/c1-10(2)9-16-8-6-7-11(13-3)12(14-4,15-5)17-18/h11H,1,6-9H2,2-5,18H3. The summed E-state index contributed by atoms with van der Waals surface area (Å²) in [6.07, 6.45) is 1.29. The molecule has 0 aliphatic heterocycles. The molecule has 1 unspecified atom stereocenters. The highest BCUT2D eigenvalue weighted by atomic mass is 28.2. The Morgan fingerprint density at radius 3 is 2.28 bits per heavy atom. The topological polar surface area (TPSA) is 46.2 Å². The van der Waals surface area contributed by atoms with Crippen molar-refractivity contribution in [3.05, 3.63) is 12.2 Å². The van der Waals surface area contributed by atoms with E-state index in [1.807, 2.05) is 6.92 Å². The first kappa shape index (κ1) is 17.8. The zero-order valence-electron chi connectivity index (χ0n) is 12.2. The van der Waals surface area contributed by atoms with Crippen LogP contribution in [0.2, 0.25) is 0 Å². The van der Waals surface area contributed by atoms with Gasteiger partial charge in [-0.05, 0) is 19.8 Å². The van der Waals surface area contributed by atoms with Gasteiger partial charge in [0, 0.05) is 27.9 Å². The zero-order valence-corrected chi connectivity index (χ0v) is 14.2. The maximum Gasteiger partial charge on any atom is 0.300 e. The van der Waals surface area contributed by atoms with E-state index in [1.54, 1.807) is 21.3 Å². The molecule has 6 heteroatoms. The molecule has 0 aromatic heterocycles. The van der Waals surface area contributed by atoms with E-state index in [1.165, 1.54) is 0 Å². The van der Waals surface area contributed by atoms with Crippen LogP contribution in [-0.2, 0) is 23.4 Å². The lowest BCUT2D eigenvalue weighted by Crippen LogP contribution is -2.49. The molecule has 0 aromatic carbocycles. The molecule has 5 nitrogen and oxygen atoms in total. The molecule has 0 saturated carbocycles. The lowest BCUT2D eigenvalue weighted by molar-refractivity contribution is -0.365. The van der Waals surface area contributed by atoms with Gasteiger partial charge >= 0.3 is 0 Å². The Hall–Kier alpha value is -0.243. The molecule has 0 amide bonds. The third-order valence-electron chi connectivity index (χ3n) is 2.64. The Labute approximate surface area is 113 Å². The van der Waals surface area contributed by atoms with Crippen molar-refractivity contribution in [1.29, 1.82) is 0 Å². The first-order valence-corrected chi connectivity index (χ1v) is 6.78. The molecule has 0 heterocycles. The van der Waals surface area contributed by atoms with Crippen LogP contribution in [0.3, 0.4) is 0 Å². The molecule has 0 N–H and O–H groups in total. The second-order valence-corrected chi connectivity index (χ2v) is 4.50. The van der Waals surface area contributed by atoms with Gasteiger partial charge in [-0.15, -0.1) is 0 Å². The molecular weight excluding hydrogens is 252 g/mol. The number of rotatable bonds is 11. The maximum absolute atomic E-state index is 5.43. The van der Waals surface area contributed by atoms with Gasteiger partial charge < -0.3 is 23.4 Å². The number of methoxy groups -OCH3 is 3. The van der Waals surface area contributed by atoms with Crippen molar-refractivity contribution in [2.45, 2.75) is 31.8 Å². The van der Waals surface area contributed by atoms with Crippen LogP contribution in [0.15, 0.2) is 12.2 Å². The Kier molecular flexibility index (Phi) is 9.53. The minimum absolute atomic E-state index is 0.279. The van der Waals surface area contributed by atoms with Crippen LogP contribution in [0.1, 0.15) is 19.8 Å². The van der Waals surface area contributed by atoms with Crippen LogP contribution < -0.4 is 0 Å². The number of ether oxygens (including phenoxy) is 4. The van der Waals surface area contributed by atoms with E-state index in [0.717, 1.165) is 18.4 Å². The van der Waals surface area contributed by atoms with E-state index >= 15 is 0 Å². The molecule has 0 aliphatic carbocycles. The summed E-state index contributed by atoms with van der Waals surface area (Å²) in [7, 11) is 5.21. The summed E-state index contributed by atoms with van der Waals surface area (Å²) in [5, 5.41) is 0. The van der Waals surface area contributed by atoms with Crippen molar-refractivity contribution in [2.75, 3.05) is 34.5 Å². The van der Waals surface area contributed by atoms with Gasteiger partial charge in [0.05, 0.1) is 6.61 Å². The predicted molar refractivity (Wildman–Crippen MR) is 73.4 cm³/mol. The lowest BCUT2D eigenvalue weighted by atomic mass is 10.1. The third kappa shape index (κ3) is 5.60. The van der Waals surface area contributed by atoms with Gasteiger partial charge in [0.2, 0.25) is 0 Å². The van der Waals surface area contributed by atoms with Crippen LogP contribution in [0.25, 0.3) is 0 Å². The fourth-order valence-electron chi connectivity index (χ4n) is 1.70. The Morgan fingerprint density at radius 1 is 1.28 bits per heavy atom. The Bertz CT molecular complexity index is 222. The molecule has 0 radical (unpaired) electrons. The van der Waals surface area contributed by atoms with E-state index in [-0.39, 0.29) is 6.10 Å². The van der Waals surface area contributed by atoms with Crippen molar-refractivity contribution in [3.63, 3.8) is 0 Å². The summed E-state index contributed by atoms with van der Waals surface area (Å²) in [4.78, 5) is 0. The van der Waals surface area contributed by atoms with Crippen LogP contribution in [0, 0.1) is 0 Å². The summed E-state index contributed by atoms with van der Waals surface area (Å²) in [6.45, 7) is 6.96. The summed E-state index contributed by atoms with van der Waals surface area (Å²) < 4.78 is 26.8. The zero-order chi connectivity index (χ0) is 14.0. The fraction of sp³-hybridized carbons (Fsp3) is 0.833. The minimum Gasteiger partial charge on any atom is -0.378 e. The highest BCUT2D eigenvalue weighted by molar-refractivity contribution is 5.98. The van der Waals surface area contributed by atoms with E-state index in [9.17, 15) is 0 Å². The SMILES string of the molecule is C=C(C)COCCCC(OC)C(OC)(OC)O[SiH3]. The monoisotopic (exact) mass is 278 g/mol. The van der Waals surface area contributed by atoms with E-state index in [2.05, 4.69) is 6.58 Å². The highest BCUT2D eigenvalue weighted by Crippen LogP contribution is 2.23. The second-order valence-electron chi connectivity index (χ2n) is 4.09. The van der Waals surface area contributed by atoms with Gasteiger partial charge in [0.25, 0.3) is 5.97 Å². The maximum atomic E-state index is 5.43. The number of hydrogen-bond acceptors (Lipinski definition) is 5. The third-order valence-corrected chi connectivity index (χ3v) is 3.20. The molecule has 0 spiro atoms. The first-order chi connectivity index (χ1) is 8.56. The average Bonchev–Trinajstić information content (AvgIpc) is 2.38. The van der Waals surface area contributed by atoms with Crippen molar-refractivity contribution >= 4 is 10.5 Å². The molecular formula is C12H26O5Si. The normalized spacial score (nSPS) is 13.8. The van der Waals surface area contributed by atoms with Gasteiger partial charge in [-0.1, -0.05) is 12.2 Å². The molecule has 18 heavy (non-hydrogen) atoms. The molecule has 0 bridgehead atoms. The molecule has 108 valence electrons. The van der Waals surface area contributed by atoms with Crippen LogP contribution in [-0.4, -0.2) is 57.1 Å².